The summed E-state index contributed by atoms with van der Waals surface area (Å²) in [6.07, 6.45) is 0. The van der Waals surface area contributed by atoms with Crippen LogP contribution in [0, 0.1) is 12.7 Å². The molecular weight excluding hydrogens is 345 g/mol. The molecule has 0 N–H and O–H groups in total. The van der Waals surface area contributed by atoms with E-state index in [0.717, 1.165) is 12.1 Å². The van der Waals surface area contributed by atoms with Crippen LogP contribution in [0.4, 0.5) is 10.1 Å². The minimum Gasteiger partial charge on any atom is -0.462 e. The second-order valence-corrected chi connectivity index (χ2v) is 7.16. The molecule has 0 atom stereocenters. The maximum absolute atomic E-state index is 13.1. The largest absolute Gasteiger partial charge is 0.462 e. The second-order valence-electron chi connectivity index (χ2n) is 5.29. The molecule has 0 aliphatic rings. The molecule has 7 heteroatoms. The Hall–Kier alpha value is -2.41. The predicted molar refractivity (Wildman–Crippen MR) is 93.7 cm³/mol. The lowest BCUT2D eigenvalue weighted by atomic mass is 10.1. The minimum atomic E-state index is -3.88. The highest BCUT2D eigenvalue weighted by Gasteiger charge is 2.26. The highest BCUT2D eigenvalue weighted by Crippen LogP contribution is 2.29. The van der Waals surface area contributed by atoms with Crippen molar-refractivity contribution in [2.45, 2.75) is 25.7 Å². The summed E-state index contributed by atoms with van der Waals surface area (Å²) in [6.45, 7) is 5.46. The van der Waals surface area contributed by atoms with Gasteiger partial charge in [-0.25, -0.2) is 17.6 Å². The molecule has 2 aromatic rings. The molecule has 0 radical (unpaired) electrons. The van der Waals surface area contributed by atoms with Crippen molar-refractivity contribution >= 4 is 21.7 Å². The van der Waals surface area contributed by atoms with Gasteiger partial charge in [0, 0.05) is 6.54 Å². The summed E-state index contributed by atoms with van der Waals surface area (Å²) in [7, 11) is -3.88. The summed E-state index contributed by atoms with van der Waals surface area (Å²) in [5.41, 5.74) is 1.21. The zero-order valence-corrected chi connectivity index (χ0v) is 15.1. The van der Waals surface area contributed by atoms with E-state index in [4.69, 9.17) is 4.74 Å². The predicted octanol–water partition coefficient (Wildman–Crippen LogP) is 3.53. The molecular formula is C18H20FNO4S. The fraction of sp³-hybridized carbons (Fsp3) is 0.278. The third-order valence-corrected chi connectivity index (χ3v) is 5.66. The number of sulfonamides is 1. The first-order chi connectivity index (χ1) is 11.8. The smallest absolute Gasteiger partial charge is 0.338 e. The molecule has 0 unspecified atom stereocenters. The summed E-state index contributed by atoms with van der Waals surface area (Å²) in [5.74, 6) is -1.01. The molecule has 0 aliphatic carbocycles. The van der Waals surface area contributed by atoms with Crippen molar-refractivity contribution < 1.29 is 22.3 Å². The zero-order valence-electron chi connectivity index (χ0n) is 14.3. The fourth-order valence-electron chi connectivity index (χ4n) is 2.53. The summed E-state index contributed by atoms with van der Waals surface area (Å²) in [4.78, 5) is 12.0. The van der Waals surface area contributed by atoms with Crippen LogP contribution in [0.3, 0.4) is 0 Å². The molecule has 0 fully saturated rings. The SMILES string of the molecule is CCOC(=O)c1cccc(N(CC)S(=O)(=O)c2ccc(F)cc2)c1C. The summed E-state index contributed by atoms with van der Waals surface area (Å²) >= 11 is 0. The van der Waals surface area contributed by atoms with E-state index in [9.17, 15) is 17.6 Å². The highest BCUT2D eigenvalue weighted by molar-refractivity contribution is 7.92. The molecule has 25 heavy (non-hydrogen) atoms. The van der Waals surface area contributed by atoms with E-state index < -0.39 is 21.8 Å². The first-order valence-electron chi connectivity index (χ1n) is 7.88. The van der Waals surface area contributed by atoms with Crippen LogP contribution in [0.2, 0.25) is 0 Å². The van der Waals surface area contributed by atoms with Crippen molar-refractivity contribution in [2.24, 2.45) is 0 Å². The first-order valence-corrected chi connectivity index (χ1v) is 9.32. The van der Waals surface area contributed by atoms with Crippen LogP contribution in [-0.4, -0.2) is 27.5 Å². The van der Waals surface area contributed by atoms with Crippen LogP contribution in [0.5, 0.6) is 0 Å². The topological polar surface area (TPSA) is 63.7 Å². The molecule has 0 bridgehead atoms. The summed E-state index contributed by atoms with van der Waals surface area (Å²) < 4.78 is 45.1. The van der Waals surface area contributed by atoms with Crippen molar-refractivity contribution in [3.63, 3.8) is 0 Å². The zero-order chi connectivity index (χ0) is 18.6. The Bertz CT molecular complexity index is 863. The quantitative estimate of drug-likeness (QED) is 0.735. The number of nitrogens with zero attached hydrogens (tertiary/aromatic N) is 1. The number of hydrogen-bond acceptors (Lipinski definition) is 4. The average molecular weight is 365 g/mol. The van der Waals surface area contributed by atoms with E-state index in [0.29, 0.717) is 16.8 Å². The van der Waals surface area contributed by atoms with Crippen molar-refractivity contribution in [1.29, 1.82) is 0 Å². The Morgan fingerprint density at radius 2 is 1.76 bits per heavy atom. The maximum atomic E-state index is 13.1. The van der Waals surface area contributed by atoms with E-state index in [1.807, 2.05) is 0 Å². The number of ether oxygens (including phenoxy) is 1. The Morgan fingerprint density at radius 1 is 1.12 bits per heavy atom. The van der Waals surface area contributed by atoms with E-state index >= 15 is 0 Å². The fourth-order valence-corrected chi connectivity index (χ4v) is 4.06. The Labute approximate surface area is 147 Å². The number of esters is 1. The van der Waals surface area contributed by atoms with Crippen molar-refractivity contribution in [2.75, 3.05) is 17.5 Å². The summed E-state index contributed by atoms with van der Waals surface area (Å²) in [5, 5.41) is 0. The Balaban J connectivity index is 2.52. The van der Waals surface area contributed by atoms with Gasteiger partial charge in [0.1, 0.15) is 5.82 Å². The number of carbonyl (C=O) groups is 1. The number of halogens is 1. The third-order valence-electron chi connectivity index (χ3n) is 3.76. The van der Waals surface area contributed by atoms with Gasteiger partial charge in [0.25, 0.3) is 10.0 Å². The highest BCUT2D eigenvalue weighted by atomic mass is 32.2. The third kappa shape index (κ3) is 3.82. The lowest BCUT2D eigenvalue weighted by Gasteiger charge is -2.25. The molecule has 0 heterocycles. The van der Waals surface area contributed by atoms with E-state index in [-0.39, 0.29) is 18.0 Å². The monoisotopic (exact) mass is 365 g/mol. The van der Waals surface area contributed by atoms with Gasteiger partial charge in [-0.1, -0.05) is 6.07 Å². The van der Waals surface area contributed by atoms with E-state index in [1.54, 1.807) is 39.0 Å². The van der Waals surface area contributed by atoms with Gasteiger partial charge in [-0.2, -0.15) is 0 Å². The second kappa shape index (κ2) is 7.65. The molecule has 0 aromatic heterocycles. The number of anilines is 1. The molecule has 5 nitrogen and oxygen atoms in total. The number of carbonyl (C=O) groups excluding carboxylic acids is 1. The van der Waals surface area contributed by atoms with Crippen LogP contribution >= 0.6 is 0 Å². The van der Waals surface area contributed by atoms with Gasteiger partial charge in [-0.15, -0.1) is 0 Å². The normalized spacial score (nSPS) is 11.2. The molecule has 0 aliphatic heterocycles. The van der Waals surface area contributed by atoms with Gasteiger partial charge in [-0.05, 0) is 62.7 Å². The number of benzene rings is 2. The molecule has 0 amide bonds. The molecule has 2 rings (SSSR count). The molecule has 2 aromatic carbocycles. The van der Waals surface area contributed by atoms with Crippen molar-refractivity contribution in [3.05, 3.63) is 59.4 Å². The molecule has 0 saturated carbocycles. The van der Waals surface area contributed by atoms with Crippen LogP contribution in [0.25, 0.3) is 0 Å². The lowest BCUT2D eigenvalue weighted by molar-refractivity contribution is 0.0525. The Kier molecular flexibility index (Phi) is 5.79. The van der Waals surface area contributed by atoms with Crippen molar-refractivity contribution in [1.82, 2.24) is 0 Å². The minimum absolute atomic E-state index is 0.0170. The van der Waals surface area contributed by atoms with Crippen LogP contribution in [-0.2, 0) is 14.8 Å². The van der Waals surface area contributed by atoms with Gasteiger partial charge < -0.3 is 4.74 Å². The maximum Gasteiger partial charge on any atom is 0.338 e. The van der Waals surface area contributed by atoms with Gasteiger partial charge in [-0.3, -0.25) is 4.31 Å². The molecule has 134 valence electrons. The average Bonchev–Trinajstić information content (AvgIpc) is 2.57. The van der Waals surface area contributed by atoms with E-state index in [2.05, 4.69) is 0 Å². The molecule has 0 saturated heterocycles. The number of hydrogen-bond donors (Lipinski definition) is 0. The number of rotatable bonds is 6. The van der Waals surface area contributed by atoms with Crippen molar-refractivity contribution in [3.8, 4) is 0 Å². The van der Waals surface area contributed by atoms with Crippen LogP contribution in [0.15, 0.2) is 47.4 Å². The van der Waals surface area contributed by atoms with Gasteiger partial charge >= 0.3 is 5.97 Å². The Morgan fingerprint density at radius 3 is 2.32 bits per heavy atom. The van der Waals surface area contributed by atoms with Gasteiger partial charge in [0.2, 0.25) is 0 Å². The standard InChI is InChI=1S/C18H20FNO4S/c1-4-20(25(22,23)15-11-9-14(19)10-12-15)17-8-6-7-16(13(17)3)18(21)24-5-2/h6-12H,4-5H2,1-3H3. The van der Waals surface area contributed by atoms with Crippen LogP contribution < -0.4 is 4.31 Å². The molecule has 0 spiro atoms. The summed E-state index contributed by atoms with van der Waals surface area (Å²) in [6, 6.07) is 9.47. The first kappa shape index (κ1) is 18.9. The van der Waals surface area contributed by atoms with Gasteiger partial charge in [0.15, 0.2) is 0 Å². The van der Waals surface area contributed by atoms with Gasteiger partial charge in [0.05, 0.1) is 22.8 Å². The lowest BCUT2D eigenvalue weighted by Crippen LogP contribution is -2.31. The van der Waals surface area contributed by atoms with E-state index in [1.165, 1.54) is 16.4 Å². The van der Waals surface area contributed by atoms with Crippen LogP contribution in [0.1, 0.15) is 29.8 Å².